The molecule has 4 nitrogen and oxygen atoms in total. The number of hydrogen-bond acceptors (Lipinski definition) is 3. The third-order valence-corrected chi connectivity index (χ3v) is 2.08. The minimum atomic E-state index is -0.486. The molecule has 0 heterocycles. The van der Waals surface area contributed by atoms with Gasteiger partial charge in [0.25, 0.3) is 0 Å². The molecule has 0 fully saturated rings. The fourth-order valence-electron chi connectivity index (χ4n) is 0.877. The van der Waals surface area contributed by atoms with Crippen LogP contribution in [0.3, 0.4) is 0 Å². The van der Waals surface area contributed by atoms with E-state index < -0.39 is 6.04 Å². The van der Waals surface area contributed by atoms with Gasteiger partial charge < -0.3 is 16.2 Å². The summed E-state index contributed by atoms with van der Waals surface area (Å²) in [7, 11) is 0. The predicted molar refractivity (Wildman–Crippen MR) is 52.1 cm³/mol. The van der Waals surface area contributed by atoms with Gasteiger partial charge in [-0.2, -0.15) is 0 Å². The molecular formula is C9H20N2O2. The molecule has 2 atom stereocenters. The lowest BCUT2D eigenvalue weighted by atomic mass is 10.0. The number of hydrogen-bond donors (Lipinski definition) is 3. The summed E-state index contributed by atoms with van der Waals surface area (Å²) in [4.78, 5) is 11.4. The number of aliphatic hydroxyl groups excluding tert-OH is 1. The summed E-state index contributed by atoms with van der Waals surface area (Å²) in [5, 5.41) is 11.5. The number of carbonyl (C=O) groups is 1. The van der Waals surface area contributed by atoms with Crippen molar-refractivity contribution in [2.24, 2.45) is 11.7 Å². The van der Waals surface area contributed by atoms with E-state index in [9.17, 15) is 4.79 Å². The Balaban J connectivity index is 3.98. The van der Waals surface area contributed by atoms with Crippen LogP contribution in [0.4, 0.5) is 0 Å². The summed E-state index contributed by atoms with van der Waals surface area (Å²) >= 11 is 0. The van der Waals surface area contributed by atoms with Crippen molar-refractivity contribution >= 4 is 5.91 Å². The van der Waals surface area contributed by atoms with Crippen molar-refractivity contribution in [3.8, 4) is 0 Å². The van der Waals surface area contributed by atoms with Crippen LogP contribution in [-0.4, -0.2) is 29.7 Å². The minimum absolute atomic E-state index is 0.0347. The van der Waals surface area contributed by atoms with E-state index in [4.69, 9.17) is 10.8 Å². The zero-order chi connectivity index (χ0) is 10.4. The highest BCUT2D eigenvalue weighted by molar-refractivity contribution is 5.81. The maximum absolute atomic E-state index is 11.4. The van der Waals surface area contributed by atoms with Crippen molar-refractivity contribution in [1.29, 1.82) is 0 Å². The first-order valence-corrected chi connectivity index (χ1v) is 4.69. The largest absolute Gasteiger partial charge is 0.394 e. The van der Waals surface area contributed by atoms with Crippen LogP contribution >= 0.6 is 0 Å². The van der Waals surface area contributed by atoms with E-state index in [0.717, 1.165) is 0 Å². The average molecular weight is 188 g/mol. The summed E-state index contributed by atoms with van der Waals surface area (Å²) in [5.41, 5.74) is 5.62. The minimum Gasteiger partial charge on any atom is -0.394 e. The molecule has 4 N–H and O–H groups in total. The fourth-order valence-corrected chi connectivity index (χ4v) is 0.877. The number of nitrogens with two attached hydrogens (primary N) is 1. The lowest BCUT2D eigenvalue weighted by Crippen LogP contribution is -2.48. The van der Waals surface area contributed by atoms with Crippen LogP contribution < -0.4 is 11.1 Å². The van der Waals surface area contributed by atoms with Gasteiger partial charge in [0.1, 0.15) is 0 Å². The van der Waals surface area contributed by atoms with Gasteiger partial charge in [0.05, 0.1) is 18.7 Å². The van der Waals surface area contributed by atoms with Gasteiger partial charge in [-0.15, -0.1) is 0 Å². The highest BCUT2D eigenvalue weighted by Gasteiger charge is 2.19. The van der Waals surface area contributed by atoms with Gasteiger partial charge in [0, 0.05) is 0 Å². The van der Waals surface area contributed by atoms with E-state index >= 15 is 0 Å². The van der Waals surface area contributed by atoms with Crippen LogP contribution in [0.2, 0.25) is 0 Å². The molecule has 4 heteroatoms. The Morgan fingerprint density at radius 2 is 2.08 bits per heavy atom. The van der Waals surface area contributed by atoms with Gasteiger partial charge in [-0.1, -0.05) is 20.8 Å². The first-order valence-electron chi connectivity index (χ1n) is 4.69. The van der Waals surface area contributed by atoms with E-state index in [1.54, 1.807) is 0 Å². The average Bonchev–Trinajstić information content (AvgIpc) is 2.12. The molecule has 0 aromatic heterocycles. The monoisotopic (exact) mass is 188 g/mol. The van der Waals surface area contributed by atoms with E-state index in [0.29, 0.717) is 6.42 Å². The van der Waals surface area contributed by atoms with Gasteiger partial charge in [0.2, 0.25) is 5.91 Å². The first kappa shape index (κ1) is 12.4. The Morgan fingerprint density at radius 1 is 1.54 bits per heavy atom. The predicted octanol–water partition coefficient (Wildman–Crippen LogP) is -0.143. The zero-order valence-corrected chi connectivity index (χ0v) is 8.58. The topological polar surface area (TPSA) is 75.3 Å². The third-order valence-electron chi connectivity index (χ3n) is 2.08. The van der Waals surface area contributed by atoms with Gasteiger partial charge in [0.15, 0.2) is 0 Å². The molecule has 0 aromatic rings. The van der Waals surface area contributed by atoms with E-state index in [2.05, 4.69) is 5.32 Å². The molecule has 13 heavy (non-hydrogen) atoms. The Bertz CT molecular complexity index is 156. The highest BCUT2D eigenvalue weighted by Crippen LogP contribution is 1.99. The number of carbonyl (C=O) groups excluding carboxylic acids is 1. The normalized spacial score (nSPS) is 15.5. The summed E-state index contributed by atoms with van der Waals surface area (Å²) < 4.78 is 0. The molecule has 0 aliphatic rings. The maximum Gasteiger partial charge on any atom is 0.237 e. The number of aliphatic hydroxyl groups is 1. The Hall–Kier alpha value is -0.610. The Morgan fingerprint density at radius 3 is 2.38 bits per heavy atom. The quantitative estimate of drug-likeness (QED) is 0.562. The third kappa shape index (κ3) is 4.24. The first-order chi connectivity index (χ1) is 6.02. The summed E-state index contributed by atoms with van der Waals surface area (Å²) in [6.07, 6.45) is 0.715. The van der Waals surface area contributed by atoms with Crippen molar-refractivity contribution in [2.45, 2.75) is 39.3 Å². The second-order valence-electron chi connectivity index (χ2n) is 3.57. The maximum atomic E-state index is 11.4. The molecule has 0 saturated carbocycles. The van der Waals surface area contributed by atoms with Crippen molar-refractivity contribution in [2.75, 3.05) is 6.61 Å². The van der Waals surface area contributed by atoms with Crippen molar-refractivity contribution < 1.29 is 9.90 Å². The molecule has 78 valence electrons. The fraction of sp³-hybridized carbons (Fsp3) is 0.889. The van der Waals surface area contributed by atoms with Gasteiger partial charge in [-0.3, -0.25) is 4.79 Å². The molecule has 0 aromatic carbocycles. The van der Waals surface area contributed by atoms with Crippen LogP contribution in [-0.2, 0) is 4.79 Å². The van der Waals surface area contributed by atoms with Crippen molar-refractivity contribution in [3.63, 3.8) is 0 Å². The van der Waals surface area contributed by atoms with Gasteiger partial charge >= 0.3 is 0 Å². The van der Waals surface area contributed by atoms with Crippen molar-refractivity contribution in [1.82, 2.24) is 5.32 Å². The number of nitrogens with one attached hydrogen (secondary N) is 1. The van der Waals surface area contributed by atoms with Gasteiger partial charge in [-0.25, -0.2) is 0 Å². The van der Waals surface area contributed by atoms with Crippen molar-refractivity contribution in [3.05, 3.63) is 0 Å². The second-order valence-corrected chi connectivity index (χ2v) is 3.57. The van der Waals surface area contributed by atoms with Crippen LogP contribution in [0.5, 0.6) is 0 Å². The lowest BCUT2D eigenvalue weighted by molar-refractivity contribution is -0.124. The molecule has 0 rings (SSSR count). The Kier molecular flexibility index (Phi) is 5.66. The molecule has 0 radical (unpaired) electrons. The lowest BCUT2D eigenvalue weighted by Gasteiger charge is -2.19. The number of rotatable bonds is 5. The number of amides is 1. The van der Waals surface area contributed by atoms with Crippen LogP contribution in [0.15, 0.2) is 0 Å². The smallest absolute Gasteiger partial charge is 0.237 e. The summed E-state index contributed by atoms with van der Waals surface area (Å²) in [5.74, 6) is -0.0629. The second kappa shape index (κ2) is 5.94. The van der Waals surface area contributed by atoms with Gasteiger partial charge in [-0.05, 0) is 12.3 Å². The SMILES string of the molecule is CC[C@@H](CO)NC(=O)C(N)C(C)C. The molecule has 0 spiro atoms. The standard InChI is InChI=1S/C9H20N2O2/c1-4-7(5-12)11-9(13)8(10)6(2)3/h6-8,12H,4-5,10H2,1-3H3,(H,11,13)/t7-,8?/m0/s1. The van der Waals surface area contributed by atoms with Crippen LogP contribution in [0.1, 0.15) is 27.2 Å². The molecule has 0 saturated heterocycles. The van der Waals surface area contributed by atoms with Crippen LogP contribution in [0, 0.1) is 5.92 Å². The molecular weight excluding hydrogens is 168 g/mol. The molecule has 1 unspecified atom stereocenters. The summed E-state index contributed by atoms with van der Waals surface area (Å²) in [6.45, 7) is 5.66. The Labute approximate surface area is 79.5 Å². The molecule has 0 aliphatic carbocycles. The molecule has 1 amide bonds. The highest BCUT2D eigenvalue weighted by atomic mass is 16.3. The molecule has 0 bridgehead atoms. The van der Waals surface area contributed by atoms with Crippen LogP contribution in [0.25, 0.3) is 0 Å². The van der Waals surface area contributed by atoms with E-state index in [1.165, 1.54) is 0 Å². The van der Waals surface area contributed by atoms with E-state index in [1.807, 2.05) is 20.8 Å². The summed E-state index contributed by atoms with van der Waals surface area (Å²) in [6, 6.07) is -0.655. The van der Waals surface area contributed by atoms with E-state index in [-0.39, 0.29) is 24.5 Å². The zero-order valence-electron chi connectivity index (χ0n) is 8.58. The molecule has 0 aliphatic heterocycles.